The van der Waals surface area contributed by atoms with Gasteiger partial charge >= 0.3 is 0 Å². The Morgan fingerprint density at radius 1 is 0.947 bits per heavy atom. The zero-order valence-electron chi connectivity index (χ0n) is 10.0. The molecule has 2 aromatic rings. The lowest BCUT2D eigenvalue weighted by molar-refractivity contribution is 0.912. The maximum Gasteiger partial charge on any atom is 0.151 e. The summed E-state index contributed by atoms with van der Waals surface area (Å²) in [5, 5.41) is 4.24. The van der Waals surface area contributed by atoms with Crippen LogP contribution in [0.4, 0.5) is 11.5 Å². The van der Waals surface area contributed by atoms with E-state index in [1.807, 2.05) is 6.07 Å². The third kappa shape index (κ3) is 2.66. The number of nitrogens with one attached hydrogen (secondary N) is 1. The Morgan fingerprint density at radius 2 is 1.74 bits per heavy atom. The second-order valence-corrected chi connectivity index (χ2v) is 5.73. The van der Waals surface area contributed by atoms with Gasteiger partial charge in [-0.1, -0.05) is 40.9 Å². The first-order chi connectivity index (χ1) is 9.13. The van der Waals surface area contributed by atoms with Crippen molar-refractivity contribution in [3.63, 3.8) is 0 Å². The summed E-state index contributed by atoms with van der Waals surface area (Å²) in [5.41, 5.74) is 3.79. The Bertz CT molecular complexity index is 641. The van der Waals surface area contributed by atoms with E-state index >= 15 is 0 Å². The van der Waals surface area contributed by atoms with Gasteiger partial charge in [-0.15, -0.1) is 0 Å². The highest BCUT2D eigenvalue weighted by Crippen LogP contribution is 2.32. The fraction of sp³-hybridized carbons (Fsp3) is 0.214. The topological polar surface area (TPSA) is 24.9 Å². The average Bonchev–Trinajstić information content (AvgIpc) is 2.83. The molecule has 0 atom stereocenters. The van der Waals surface area contributed by atoms with Crippen LogP contribution >= 0.6 is 34.8 Å². The molecule has 0 aliphatic heterocycles. The minimum absolute atomic E-state index is 0.245. The molecule has 5 heteroatoms. The molecule has 0 unspecified atom stereocenters. The van der Waals surface area contributed by atoms with Crippen LogP contribution in [-0.2, 0) is 12.8 Å². The van der Waals surface area contributed by atoms with Crippen molar-refractivity contribution >= 4 is 46.3 Å². The zero-order valence-corrected chi connectivity index (χ0v) is 12.3. The van der Waals surface area contributed by atoms with Gasteiger partial charge in [-0.2, -0.15) is 0 Å². The standard InChI is InChI=1S/C14H11Cl3N2/c15-11-7-12(16)14(19-13(11)17)18-10-5-4-8-2-1-3-9(8)6-10/h4-7H,1-3H2,(H,18,19). The summed E-state index contributed by atoms with van der Waals surface area (Å²) in [6.07, 6.45) is 3.53. The molecular weight excluding hydrogens is 303 g/mol. The molecule has 0 bridgehead atoms. The predicted octanol–water partition coefficient (Wildman–Crippen LogP) is 5.27. The van der Waals surface area contributed by atoms with Gasteiger partial charge < -0.3 is 5.32 Å². The van der Waals surface area contributed by atoms with E-state index in [2.05, 4.69) is 22.4 Å². The van der Waals surface area contributed by atoms with Gasteiger partial charge in [0.15, 0.2) is 5.82 Å². The average molecular weight is 314 g/mol. The Hall–Kier alpha value is -0.960. The summed E-state index contributed by atoms with van der Waals surface area (Å²) >= 11 is 17.9. The quantitative estimate of drug-likeness (QED) is 0.764. The summed E-state index contributed by atoms with van der Waals surface area (Å²) in [7, 11) is 0. The van der Waals surface area contributed by atoms with E-state index in [1.54, 1.807) is 6.07 Å². The van der Waals surface area contributed by atoms with Gasteiger partial charge in [-0.3, -0.25) is 0 Å². The van der Waals surface area contributed by atoms with Crippen LogP contribution in [0.1, 0.15) is 17.5 Å². The van der Waals surface area contributed by atoms with E-state index in [-0.39, 0.29) is 5.15 Å². The van der Waals surface area contributed by atoms with Crippen LogP contribution in [0.2, 0.25) is 15.2 Å². The third-order valence-corrected chi connectivity index (χ3v) is 4.21. The van der Waals surface area contributed by atoms with Crippen LogP contribution < -0.4 is 5.32 Å². The Balaban J connectivity index is 1.91. The SMILES string of the molecule is Clc1cc(Cl)c(Nc2ccc3c(c2)CCC3)nc1Cl. The van der Waals surface area contributed by atoms with Crippen LogP contribution in [0.3, 0.4) is 0 Å². The van der Waals surface area contributed by atoms with E-state index < -0.39 is 0 Å². The fourth-order valence-corrected chi connectivity index (χ4v) is 2.86. The fourth-order valence-electron chi connectivity index (χ4n) is 2.32. The molecule has 0 spiro atoms. The lowest BCUT2D eigenvalue weighted by Gasteiger charge is -2.10. The van der Waals surface area contributed by atoms with E-state index in [9.17, 15) is 0 Å². The molecule has 0 amide bonds. The highest BCUT2D eigenvalue weighted by Gasteiger charge is 2.12. The summed E-state index contributed by atoms with van der Waals surface area (Å²) in [4.78, 5) is 4.15. The van der Waals surface area contributed by atoms with Crippen molar-refractivity contribution in [1.29, 1.82) is 0 Å². The maximum atomic E-state index is 6.10. The zero-order chi connectivity index (χ0) is 13.4. The van der Waals surface area contributed by atoms with Crippen molar-refractivity contribution in [3.8, 4) is 0 Å². The summed E-state index contributed by atoms with van der Waals surface area (Å²) in [6.45, 7) is 0. The molecule has 98 valence electrons. The number of aryl methyl sites for hydroxylation is 2. The highest BCUT2D eigenvalue weighted by atomic mass is 35.5. The minimum Gasteiger partial charge on any atom is -0.339 e. The maximum absolute atomic E-state index is 6.10. The van der Waals surface area contributed by atoms with Crippen molar-refractivity contribution in [3.05, 3.63) is 50.6 Å². The van der Waals surface area contributed by atoms with Crippen LogP contribution in [0.25, 0.3) is 0 Å². The Labute approximate surface area is 126 Å². The molecule has 0 fully saturated rings. The molecule has 0 saturated heterocycles. The lowest BCUT2D eigenvalue weighted by atomic mass is 10.1. The smallest absolute Gasteiger partial charge is 0.151 e. The van der Waals surface area contributed by atoms with Crippen molar-refractivity contribution in [2.75, 3.05) is 5.32 Å². The second kappa shape index (κ2) is 5.20. The molecule has 19 heavy (non-hydrogen) atoms. The van der Waals surface area contributed by atoms with E-state index in [1.165, 1.54) is 24.0 Å². The van der Waals surface area contributed by atoms with Gasteiger partial charge in [0, 0.05) is 5.69 Å². The summed E-state index contributed by atoms with van der Waals surface area (Å²) in [6, 6.07) is 7.91. The van der Waals surface area contributed by atoms with Gasteiger partial charge in [-0.25, -0.2) is 4.98 Å². The number of nitrogens with zero attached hydrogens (tertiary/aromatic N) is 1. The number of halogens is 3. The monoisotopic (exact) mass is 312 g/mol. The summed E-state index contributed by atoms with van der Waals surface area (Å²) in [5.74, 6) is 0.522. The van der Waals surface area contributed by atoms with Crippen molar-refractivity contribution in [1.82, 2.24) is 4.98 Å². The summed E-state index contributed by atoms with van der Waals surface area (Å²) < 4.78 is 0. The van der Waals surface area contributed by atoms with Crippen LogP contribution in [0.15, 0.2) is 24.3 Å². The van der Waals surface area contributed by atoms with Crippen LogP contribution in [0, 0.1) is 0 Å². The number of hydrogen-bond donors (Lipinski definition) is 1. The normalized spacial score (nSPS) is 13.4. The van der Waals surface area contributed by atoms with Crippen molar-refractivity contribution in [2.45, 2.75) is 19.3 Å². The first kappa shape index (κ1) is 13.0. The van der Waals surface area contributed by atoms with Gasteiger partial charge in [-0.05, 0) is 48.6 Å². The predicted molar refractivity (Wildman–Crippen MR) is 81.0 cm³/mol. The number of anilines is 2. The third-order valence-electron chi connectivity index (χ3n) is 3.25. The number of pyridine rings is 1. The molecular formula is C14H11Cl3N2. The number of rotatable bonds is 2. The molecule has 1 aliphatic carbocycles. The molecule has 1 aromatic heterocycles. The van der Waals surface area contributed by atoms with Crippen molar-refractivity contribution in [2.24, 2.45) is 0 Å². The van der Waals surface area contributed by atoms with Crippen LogP contribution in [0.5, 0.6) is 0 Å². The van der Waals surface area contributed by atoms with Gasteiger partial charge in [0.25, 0.3) is 0 Å². The molecule has 1 heterocycles. The Kier molecular flexibility index (Phi) is 3.57. The first-order valence-corrected chi connectivity index (χ1v) is 7.17. The highest BCUT2D eigenvalue weighted by molar-refractivity contribution is 6.43. The molecule has 0 radical (unpaired) electrons. The molecule has 1 aliphatic rings. The van der Waals surface area contributed by atoms with E-state index in [0.717, 1.165) is 12.1 Å². The van der Waals surface area contributed by atoms with E-state index in [0.29, 0.717) is 15.9 Å². The first-order valence-electron chi connectivity index (χ1n) is 6.04. The molecule has 0 saturated carbocycles. The molecule has 3 rings (SSSR count). The lowest BCUT2D eigenvalue weighted by Crippen LogP contribution is -1.96. The number of hydrogen-bond acceptors (Lipinski definition) is 2. The Morgan fingerprint density at radius 3 is 2.58 bits per heavy atom. The van der Waals surface area contributed by atoms with Gasteiger partial charge in [0.2, 0.25) is 0 Å². The van der Waals surface area contributed by atoms with Crippen molar-refractivity contribution < 1.29 is 0 Å². The molecule has 1 N–H and O–H groups in total. The van der Waals surface area contributed by atoms with Crippen LogP contribution in [-0.4, -0.2) is 4.98 Å². The van der Waals surface area contributed by atoms with E-state index in [4.69, 9.17) is 34.8 Å². The largest absolute Gasteiger partial charge is 0.339 e. The number of benzene rings is 1. The van der Waals surface area contributed by atoms with Gasteiger partial charge in [0.1, 0.15) is 5.15 Å². The second-order valence-electron chi connectivity index (χ2n) is 4.55. The minimum atomic E-state index is 0.245. The molecule has 2 nitrogen and oxygen atoms in total. The molecule has 1 aromatic carbocycles. The van der Waals surface area contributed by atoms with Gasteiger partial charge in [0.05, 0.1) is 10.0 Å². The number of aromatic nitrogens is 1. The number of fused-ring (bicyclic) bond motifs is 1.